The van der Waals surface area contributed by atoms with Gasteiger partial charge in [-0.1, -0.05) is 29.3 Å². The molecule has 0 amide bonds. The van der Waals surface area contributed by atoms with Gasteiger partial charge in [-0.2, -0.15) is 0 Å². The lowest BCUT2D eigenvalue weighted by Gasteiger charge is -2.31. The highest BCUT2D eigenvalue weighted by Crippen LogP contribution is 2.44. The summed E-state index contributed by atoms with van der Waals surface area (Å²) < 4.78 is 7.71. The van der Waals surface area contributed by atoms with Crippen molar-refractivity contribution < 1.29 is 4.74 Å². The molecule has 200 valence electrons. The summed E-state index contributed by atoms with van der Waals surface area (Å²) in [7, 11) is 0. The molecule has 0 spiro atoms. The standard InChI is InChI=1S/C30H29Cl2N5OS/c1-19-17-24(20(2)36(19)27-11-6-21(31)18-25(27)32)29-28(26-5-3-4-12-33-26)34-30(39)37(29)23-9-7-22(8-10-23)35-13-15-38-16-14-35/h3-12,17-18,28-29H,13-16H2,1-2H3,(H,34,39)/t28-,29-/m0/s1. The largest absolute Gasteiger partial charge is 0.378 e. The van der Waals surface area contributed by atoms with Crippen molar-refractivity contribution in [3.05, 3.63) is 106 Å². The summed E-state index contributed by atoms with van der Waals surface area (Å²) in [5.74, 6) is 0. The lowest BCUT2D eigenvalue weighted by Crippen LogP contribution is -2.36. The first-order valence-electron chi connectivity index (χ1n) is 13.0. The maximum absolute atomic E-state index is 6.66. The van der Waals surface area contributed by atoms with E-state index in [1.165, 1.54) is 5.69 Å². The van der Waals surface area contributed by atoms with Crippen LogP contribution in [0, 0.1) is 13.8 Å². The Morgan fingerprint density at radius 2 is 1.69 bits per heavy atom. The second-order valence-corrected chi connectivity index (χ2v) is 11.1. The van der Waals surface area contributed by atoms with E-state index in [0.29, 0.717) is 15.2 Å². The molecule has 0 bridgehead atoms. The van der Waals surface area contributed by atoms with Gasteiger partial charge < -0.3 is 24.4 Å². The molecule has 4 aromatic rings. The van der Waals surface area contributed by atoms with Crippen LogP contribution >= 0.6 is 35.4 Å². The fourth-order valence-electron chi connectivity index (χ4n) is 5.71. The zero-order valence-corrected chi connectivity index (χ0v) is 24.1. The van der Waals surface area contributed by atoms with Crippen LogP contribution in [0.4, 0.5) is 11.4 Å². The molecule has 2 aliphatic heterocycles. The summed E-state index contributed by atoms with van der Waals surface area (Å²) in [5, 5.41) is 5.46. The number of aromatic nitrogens is 2. The van der Waals surface area contributed by atoms with Gasteiger partial charge in [-0.05, 0) is 92.3 Å². The van der Waals surface area contributed by atoms with Crippen molar-refractivity contribution in [2.45, 2.75) is 25.9 Å². The number of hydrogen-bond donors (Lipinski definition) is 1. The summed E-state index contributed by atoms with van der Waals surface area (Å²) in [6, 6.07) is 22.2. The number of rotatable bonds is 5. The highest BCUT2D eigenvalue weighted by molar-refractivity contribution is 7.80. The van der Waals surface area contributed by atoms with Crippen LogP contribution in [-0.2, 0) is 4.74 Å². The van der Waals surface area contributed by atoms with Gasteiger partial charge >= 0.3 is 0 Å². The first-order chi connectivity index (χ1) is 18.9. The first-order valence-corrected chi connectivity index (χ1v) is 14.2. The van der Waals surface area contributed by atoms with Crippen molar-refractivity contribution in [3.8, 4) is 5.69 Å². The Labute approximate surface area is 244 Å². The molecule has 2 aromatic carbocycles. The molecule has 1 N–H and O–H groups in total. The van der Waals surface area contributed by atoms with E-state index in [-0.39, 0.29) is 12.1 Å². The molecule has 39 heavy (non-hydrogen) atoms. The van der Waals surface area contributed by atoms with Gasteiger partial charge in [0.1, 0.15) is 0 Å². The minimum Gasteiger partial charge on any atom is -0.378 e. The molecule has 6 nitrogen and oxygen atoms in total. The summed E-state index contributed by atoms with van der Waals surface area (Å²) in [4.78, 5) is 9.27. The molecule has 0 unspecified atom stereocenters. The zero-order valence-electron chi connectivity index (χ0n) is 21.8. The quantitative estimate of drug-likeness (QED) is 0.263. The van der Waals surface area contributed by atoms with Gasteiger partial charge in [0, 0.05) is 47.1 Å². The lowest BCUT2D eigenvalue weighted by atomic mass is 9.96. The molecule has 2 atom stereocenters. The fourth-order valence-corrected chi connectivity index (χ4v) is 6.55. The molecule has 2 aliphatic rings. The van der Waals surface area contributed by atoms with Crippen LogP contribution in [0.3, 0.4) is 0 Å². The lowest BCUT2D eigenvalue weighted by molar-refractivity contribution is 0.122. The minimum absolute atomic E-state index is 0.118. The molecular formula is C30H29Cl2N5OS. The summed E-state index contributed by atoms with van der Waals surface area (Å²) in [6.45, 7) is 7.52. The Morgan fingerprint density at radius 3 is 2.38 bits per heavy atom. The number of nitrogens with one attached hydrogen (secondary N) is 1. The van der Waals surface area contributed by atoms with Crippen molar-refractivity contribution in [2.75, 3.05) is 36.1 Å². The van der Waals surface area contributed by atoms with Gasteiger partial charge in [0.05, 0.1) is 41.7 Å². The van der Waals surface area contributed by atoms with E-state index in [4.69, 9.17) is 45.1 Å². The third-order valence-corrected chi connectivity index (χ3v) is 8.39. The molecule has 0 saturated carbocycles. The Kier molecular flexibility index (Phi) is 7.25. The van der Waals surface area contributed by atoms with E-state index < -0.39 is 0 Å². The number of benzene rings is 2. The maximum Gasteiger partial charge on any atom is 0.174 e. The second kappa shape index (κ2) is 10.8. The van der Waals surface area contributed by atoms with Crippen LogP contribution in [0.5, 0.6) is 0 Å². The van der Waals surface area contributed by atoms with Crippen LogP contribution in [0.1, 0.15) is 34.7 Å². The van der Waals surface area contributed by atoms with Gasteiger partial charge in [-0.15, -0.1) is 0 Å². The highest BCUT2D eigenvalue weighted by atomic mass is 35.5. The van der Waals surface area contributed by atoms with Gasteiger partial charge in [-0.25, -0.2) is 0 Å². The average Bonchev–Trinajstić information content (AvgIpc) is 3.45. The predicted molar refractivity (Wildman–Crippen MR) is 163 cm³/mol. The molecule has 2 aromatic heterocycles. The Balaban J connectivity index is 1.44. The van der Waals surface area contributed by atoms with Crippen LogP contribution < -0.4 is 15.1 Å². The van der Waals surface area contributed by atoms with Gasteiger partial charge in [0.15, 0.2) is 5.11 Å². The third-order valence-electron chi connectivity index (χ3n) is 7.54. The minimum atomic E-state index is -0.132. The molecule has 0 radical (unpaired) electrons. The van der Waals surface area contributed by atoms with E-state index in [1.807, 2.05) is 36.5 Å². The third kappa shape index (κ3) is 4.89. The Hall–Kier alpha value is -3.10. The number of anilines is 2. The van der Waals surface area contributed by atoms with Crippen molar-refractivity contribution in [1.82, 2.24) is 14.9 Å². The molecule has 9 heteroatoms. The normalized spacial score (nSPS) is 19.4. The number of thiocarbonyl (C=S) groups is 1. The average molecular weight is 579 g/mol. The van der Waals surface area contributed by atoms with E-state index in [9.17, 15) is 0 Å². The molecule has 4 heterocycles. The van der Waals surface area contributed by atoms with Gasteiger partial charge in [-0.3, -0.25) is 4.98 Å². The highest BCUT2D eigenvalue weighted by Gasteiger charge is 2.42. The van der Waals surface area contributed by atoms with Gasteiger partial charge in [0.25, 0.3) is 0 Å². The maximum atomic E-state index is 6.66. The van der Waals surface area contributed by atoms with Crippen molar-refractivity contribution in [3.63, 3.8) is 0 Å². The molecule has 2 saturated heterocycles. The smallest absolute Gasteiger partial charge is 0.174 e. The van der Waals surface area contributed by atoms with Gasteiger partial charge in [0.2, 0.25) is 0 Å². The van der Waals surface area contributed by atoms with Crippen LogP contribution in [0.25, 0.3) is 5.69 Å². The number of aryl methyl sites for hydroxylation is 1. The van der Waals surface area contributed by atoms with E-state index in [0.717, 1.165) is 60.3 Å². The molecular weight excluding hydrogens is 549 g/mol. The van der Waals surface area contributed by atoms with Crippen molar-refractivity contribution in [1.29, 1.82) is 0 Å². The van der Waals surface area contributed by atoms with Crippen molar-refractivity contribution in [2.24, 2.45) is 0 Å². The number of ether oxygens (including phenoxy) is 1. The summed E-state index contributed by atoms with van der Waals surface area (Å²) in [6.07, 6.45) is 1.83. The topological polar surface area (TPSA) is 45.6 Å². The summed E-state index contributed by atoms with van der Waals surface area (Å²) in [5.41, 5.74) is 7.36. The first kappa shape index (κ1) is 26.1. The summed E-state index contributed by atoms with van der Waals surface area (Å²) >= 11 is 18.8. The molecule has 0 aliphatic carbocycles. The predicted octanol–water partition coefficient (Wildman–Crippen LogP) is 6.81. The second-order valence-electron chi connectivity index (χ2n) is 9.87. The Morgan fingerprint density at radius 1 is 0.949 bits per heavy atom. The van der Waals surface area contributed by atoms with E-state index in [2.05, 4.69) is 63.9 Å². The number of hydrogen-bond acceptors (Lipinski definition) is 4. The van der Waals surface area contributed by atoms with E-state index >= 15 is 0 Å². The Bertz CT molecular complexity index is 1500. The van der Waals surface area contributed by atoms with E-state index in [1.54, 1.807) is 6.07 Å². The monoisotopic (exact) mass is 577 g/mol. The number of nitrogens with zero attached hydrogens (tertiary/aromatic N) is 4. The number of pyridine rings is 1. The molecule has 2 fully saturated rings. The van der Waals surface area contributed by atoms with Crippen LogP contribution in [0.15, 0.2) is 72.9 Å². The van der Waals surface area contributed by atoms with Crippen LogP contribution in [0.2, 0.25) is 10.0 Å². The number of morpholine rings is 1. The SMILES string of the molecule is Cc1cc([C@H]2[C@H](c3ccccn3)NC(=S)N2c2ccc(N3CCOCC3)cc2)c(C)n1-c1ccc(Cl)cc1Cl. The number of halogens is 2. The van der Waals surface area contributed by atoms with Crippen molar-refractivity contribution >= 4 is 51.9 Å². The fraction of sp³-hybridized carbons (Fsp3) is 0.267. The molecule has 6 rings (SSSR count). The van der Waals surface area contributed by atoms with Crippen LogP contribution in [-0.4, -0.2) is 41.0 Å². The zero-order chi connectivity index (χ0) is 27.1.